The summed E-state index contributed by atoms with van der Waals surface area (Å²) in [7, 11) is 1.64. The smallest absolute Gasteiger partial charge is 0.223 e. The van der Waals surface area contributed by atoms with Gasteiger partial charge in [0.1, 0.15) is 17.1 Å². The van der Waals surface area contributed by atoms with Crippen molar-refractivity contribution in [1.82, 2.24) is 29.9 Å². The predicted octanol–water partition coefficient (Wildman–Crippen LogP) is 2.62. The second kappa shape index (κ2) is 9.57. The Kier molecular flexibility index (Phi) is 6.62. The van der Waals surface area contributed by atoms with Crippen LogP contribution in [0.2, 0.25) is 0 Å². The number of hydrogen-bond donors (Lipinski definition) is 3. The maximum atomic E-state index is 9.70. The number of aliphatic hydroxyl groups excluding tert-OH is 1. The lowest BCUT2D eigenvalue weighted by Crippen LogP contribution is -2.38. The second-order valence-corrected chi connectivity index (χ2v) is 7.79. The Morgan fingerprint density at radius 2 is 2.10 bits per heavy atom. The zero-order valence-corrected chi connectivity index (χ0v) is 18.4. The molecule has 5 rings (SSSR count). The van der Waals surface area contributed by atoms with Gasteiger partial charge < -0.3 is 20.5 Å². The molecular formula is C22H31N7O2. The fraction of sp³-hybridized carbons (Fsp3) is 0.545. The van der Waals surface area contributed by atoms with Crippen LogP contribution in [-0.4, -0.2) is 62.0 Å². The fourth-order valence-electron chi connectivity index (χ4n) is 4.07. The molecule has 1 aliphatic carbocycles. The summed E-state index contributed by atoms with van der Waals surface area (Å²) < 4.78 is 7.33. The first-order chi connectivity index (χ1) is 15.2. The van der Waals surface area contributed by atoms with Crippen LogP contribution in [0, 0.1) is 0 Å². The van der Waals surface area contributed by atoms with Crippen molar-refractivity contribution in [3.63, 3.8) is 0 Å². The number of piperidine rings is 1. The molecule has 1 unspecified atom stereocenters. The Labute approximate surface area is 182 Å². The molecule has 3 aromatic heterocycles. The minimum absolute atomic E-state index is 0.195. The molecule has 0 radical (unpaired) electrons. The van der Waals surface area contributed by atoms with E-state index in [-0.39, 0.29) is 12.0 Å². The van der Waals surface area contributed by atoms with E-state index in [0.717, 1.165) is 43.0 Å². The van der Waals surface area contributed by atoms with Crippen molar-refractivity contribution in [3.05, 3.63) is 30.2 Å². The van der Waals surface area contributed by atoms with E-state index >= 15 is 0 Å². The van der Waals surface area contributed by atoms with E-state index in [2.05, 4.69) is 20.6 Å². The van der Waals surface area contributed by atoms with Crippen LogP contribution in [0.5, 0.6) is 5.75 Å². The van der Waals surface area contributed by atoms with E-state index in [1.807, 2.05) is 26.0 Å². The molecule has 1 saturated carbocycles. The summed E-state index contributed by atoms with van der Waals surface area (Å²) in [5.74, 6) is 1.52. The van der Waals surface area contributed by atoms with Crippen LogP contribution in [0.25, 0.3) is 17.0 Å². The molecular weight excluding hydrogens is 394 g/mol. The highest BCUT2D eigenvalue weighted by molar-refractivity contribution is 5.61. The molecule has 0 amide bonds. The quantitative estimate of drug-likeness (QED) is 0.572. The SMILES string of the molecule is CC.COc1cc2ncc(-c3ccnc(NC4CCCNC4)n3)n2nc1C1CC(O)C1. The summed E-state index contributed by atoms with van der Waals surface area (Å²) in [6, 6.07) is 4.09. The van der Waals surface area contributed by atoms with Gasteiger partial charge in [-0.15, -0.1) is 0 Å². The molecule has 9 heteroatoms. The third kappa shape index (κ3) is 4.47. The van der Waals surface area contributed by atoms with Gasteiger partial charge in [-0.25, -0.2) is 19.5 Å². The fourth-order valence-corrected chi connectivity index (χ4v) is 4.07. The van der Waals surface area contributed by atoms with Gasteiger partial charge in [-0.2, -0.15) is 5.10 Å². The Hall–Kier alpha value is -2.78. The van der Waals surface area contributed by atoms with Crippen molar-refractivity contribution in [2.24, 2.45) is 0 Å². The second-order valence-electron chi connectivity index (χ2n) is 7.79. The summed E-state index contributed by atoms with van der Waals surface area (Å²) in [6.07, 6.45) is 6.94. The van der Waals surface area contributed by atoms with Crippen molar-refractivity contribution in [3.8, 4) is 17.1 Å². The zero-order chi connectivity index (χ0) is 21.8. The summed E-state index contributed by atoms with van der Waals surface area (Å²) in [4.78, 5) is 13.6. The molecule has 3 N–H and O–H groups in total. The van der Waals surface area contributed by atoms with Gasteiger partial charge in [0.2, 0.25) is 5.95 Å². The number of rotatable bonds is 5. The molecule has 0 aromatic carbocycles. The van der Waals surface area contributed by atoms with Crippen LogP contribution in [0.15, 0.2) is 24.5 Å². The van der Waals surface area contributed by atoms with Crippen LogP contribution >= 0.6 is 0 Å². The van der Waals surface area contributed by atoms with Gasteiger partial charge in [0.05, 0.1) is 25.1 Å². The lowest BCUT2D eigenvalue weighted by Gasteiger charge is -2.31. The number of methoxy groups -OCH3 is 1. The normalized spacial score (nSPS) is 22.9. The first-order valence-corrected chi connectivity index (χ1v) is 11.1. The van der Waals surface area contributed by atoms with Crippen molar-refractivity contribution in [2.75, 3.05) is 25.5 Å². The Balaban J connectivity index is 0.00000112. The summed E-state index contributed by atoms with van der Waals surface area (Å²) in [5, 5.41) is 21.3. The zero-order valence-electron chi connectivity index (χ0n) is 18.4. The van der Waals surface area contributed by atoms with E-state index in [0.29, 0.717) is 36.2 Å². The average molecular weight is 426 g/mol. The third-order valence-corrected chi connectivity index (χ3v) is 5.75. The van der Waals surface area contributed by atoms with Gasteiger partial charge >= 0.3 is 0 Å². The number of aromatic nitrogens is 5. The highest BCUT2D eigenvalue weighted by Crippen LogP contribution is 2.40. The van der Waals surface area contributed by atoms with Gasteiger partial charge in [-0.1, -0.05) is 13.8 Å². The van der Waals surface area contributed by atoms with Crippen molar-refractivity contribution in [1.29, 1.82) is 0 Å². The molecule has 2 fully saturated rings. The van der Waals surface area contributed by atoms with E-state index in [9.17, 15) is 5.11 Å². The van der Waals surface area contributed by atoms with Crippen molar-refractivity contribution < 1.29 is 9.84 Å². The van der Waals surface area contributed by atoms with Crippen LogP contribution < -0.4 is 15.4 Å². The standard InChI is InChI=1S/C20H25N7O2.C2H6/c1-29-17-9-18-23-11-16(27(18)26-19(17)12-7-14(28)8-12)15-4-6-22-20(25-15)24-13-3-2-5-21-10-13;1-2/h4,6,9,11-14,21,28H,2-3,5,7-8,10H2,1H3,(H,22,24,25);1-2H3. The van der Waals surface area contributed by atoms with Crippen LogP contribution in [-0.2, 0) is 0 Å². The largest absolute Gasteiger partial charge is 0.495 e. The Bertz CT molecular complexity index is 1010. The molecule has 9 nitrogen and oxygen atoms in total. The number of nitrogens with zero attached hydrogens (tertiary/aromatic N) is 5. The van der Waals surface area contributed by atoms with Crippen LogP contribution in [0.3, 0.4) is 0 Å². The van der Waals surface area contributed by atoms with E-state index in [4.69, 9.17) is 14.8 Å². The number of aliphatic hydroxyl groups is 1. The van der Waals surface area contributed by atoms with Gasteiger partial charge in [-0.05, 0) is 38.3 Å². The summed E-state index contributed by atoms with van der Waals surface area (Å²) >= 11 is 0. The minimum Gasteiger partial charge on any atom is -0.495 e. The van der Waals surface area contributed by atoms with E-state index < -0.39 is 0 Å². The number of anilines is 1. The maximum Gasteiger partial charge on any atom is 0.223 e. The number of ether oxygens (including phenoxy) is 1. The minimum atomic E-state index is -0.255. The average Bonchev–Trinajstić information content (AvgIpc) is 3.21. The molecule has 0 spiro atoms. The molecule has 166 valence electrons. The van der Waals surface area contributed by atoms with Crippen molar-refractivity contribution >= 4 is 11.6 Å². The highest BCUT2D eigenvalue weighted by Gasteiger charge is 2.33. The Morgan fingerprint density at radius 1 is 1.26 bits per heavy atom. The Morgan fingerprint density at radius 3 is 2.81 bits per heavy atom. The topological polar surface area (TPSA) is 109 Å². The molecule has 1 atom stereocenters. The van der Waals surface area contributed by atoms with Crippen LogP contribution in [0.4, 0.5) is 5.95 Å². The molecule has 2 aliphatic rings. The van der Waals surface area contributed by atoms with Gasteiger partial charge in [0.15, 0.2) is 5.65 Å². The first-order valence-electron chi connectivity index (χ1n) is 11.1. The predicted molar refractivity (Wildman–Crippen MR) is 119 cm³/mol. The van der Waals surface area contributed by atoms with Gasteiger partial charge in [0.25, 0.3) is 0 Å². The van der Waals surface area contributed by atoms with Gasteiger partial charge in [0, 0.05) is 30.8 Å². The number of imidazole rings is 1. The van der Waals surface area contributed by atoms with Gasteiger partial charge in [-0.3, -0.25) is 0 Å². The summed E-state index contributed by atoms with van der Waals surface area (Å²) in [6.45, 7) is 5.98. The number of nitrogens with one attached hydrogen (secondary N) is 2. The molecule has 1 aliphatic heterocycles. The highest BCUT2D eigenvalue weighted by atomic mass is 16.5. The third-order valence-electron chi connectivity index (χ3n) is 5.75. The van der Waals surface area contributed by atoms with E-state index in [1.165, 1.54) is 0 Å². The number of fused-ring (bicyclic) bond motifs is 1. The molecule has 0 bridgehead atoms. The number of hydrogen-bond acceptors (Lipinski definition) is 8. The summed E-state index contributed by atoms with van der Waals surface area (Å²) in [5.41, 5.74) is 3.11. The molecule has 3 aromatic rings. The van der Waals surface area contributed by atoms with Crippen LogP contribution in [0.1, 0.15) is 51.1 Å². The molecule has 4 heterocycles. The maximum absolute atomic E-state index is 9.70. The lowest BCUT2D eigenvalue weighted by atomic mass is 9.80. The first kappa shape index (κ1) is 21.5. The van der Waals surface area contributed by atoms with Crippen molar-refractivity contribution in [2.45, 2.75) is 57.6 Å². The molecule has 31 heavy (non-hydrogen) atoms. The monoisotopic (exact) mass is 425 g/mol. The van der Waals surface area contributed by atoms with E-state index in [1.54, 1.807) is 24.0 Å². The lowest BCUT2D eigenvalue weighted by molar-refractivity contribution is 0.0718. The molecule has 1 saturated heterocycles.